The van der Waals surface area contributed by atoms with Crippen LogP contribution >= 0.6 is 34.2 Å². The maximum atomic E-state index is 14.0. The third-order valence-electron chi connectivity index (χ3n) is 5.70. The van der Waals surface area contributed by atoms with Gasteiger partial charge in [-0.05, 0) is 53.1 Å². The van der Waals surface area contributed by atoms with Crippen molar-refractivity contribution in [3.05, 3.63) is 53.1 Å². The van der Waals surface area contributed by atoms with Crippen molar-refractivity contribution in [1.29, 1.82) is 0 Å². The topological polar surface area (TPSA) is 95.9 Å². The molecule has 0 radical (unpaired) electrons. The Bertz CT molecular complexity index is 1090. The molecule has 0 saturated carbocycles. The van der Waals surface area contributed by atoms with Gasteiger partial charge in [0.05, 0.1) is 23.5 Å². The number of Topliss-reactive ketones (excluding diaryl/α,β-unsaturated/α-hetero) is 1. The fourth-order valence-electron chi connectivity index (χ4n) is 3.82. The number of nitrogens with one attached hydrogen (secondary N) is 2. The van der Waals surface area contributed by atoms with Crippen LogP contribution in [0.1, 0.15) is 32.3 Å². The van der Waals surface area contributed by atoms with E-state index >= 15 is 0 Å². The zero-order valence-electron chi connectivity index (χ0n) is 19.6. The van der Waals surface area contributed by atoms with E-state index in [-0.39, 0.29) is 41.0 Å². The van der Waals surface area contributed by atoms with Crippen LogP contribution in [0.5, 0.6) is 5.88 Å². The van der Waals surface area contributed by atoms with Crippen LogP contribution in [0, 0.1) is 11.8 Å². The van der Waals surface area contributed by atoms with E-state index in [1.54, 1.807) is 34.9 Å². The molecule has 3 unspecified atom stereocenters. The van der Waals surface area contributed by atoms with Gasteiger partial charge in [0.15, 0.2) is 5.78 Å². The number of hydrazine groups is 1. The summed E-state index contributed by atoms with van der Waals surface area (Å²) in [6, 6.07) is 1.72. The number of fused-ring (bicyclic) bond motifs is 1. The monoisotopic (exact) mass is 615 g/mol. The van der Waals surface area contributed by atoms with Crippen LogP contribution in [0.2, 0.25) is 5.02 Å². The summed E-state index contributed by atoms with van der Waals surface area (Å²) in [5.74, 6) is -0.406. The van der Waals surface area contributed by atoms with Crippen molar-refractivity contribution in [3.63, 3.8) is 0 Å². The molecule has 8 nitrogen and oxygen atoms in total. The maximum absolute atomic E-state index is 14.0. The molecule has 0 bridgehead atoms. The molecule has 1 amide bonds. The first-order valence-electron chi connectivity index (χ1n) is 11.2. The van der Waals surface area contributed by atoms with Crippen LogP contribution in [0.4, 0.5) is 4.39 Å². The molecule has 1 fully saturated rings. The number of amides is 1. The van der Waals surface area contributed by atoms with E-state index in [9.17, 15) is 14.0 Å². The smallest absolute Gasteiger partial charge is 0.232 e. The van der Waals surface area contributed by atoms with Gasteiger partial charge in [-0.1, -0.05) is 30.8 Å². The van der Waals surface area contributed by atoms with Crippen LogP contribution in [0.25, 0.3) is 0 Å². The predicted octanol–water partition coefficient (Wildman–Crippen LogP) is 3.91. The molecule has 3 atom stereocenters. The average molecular weight is 616 g/mol. The molecule has 11 heteroatoms. The summed E-state index contributed by atoms with van der Waals surface area (Å²) in [6.45, 7) is 8.04. The minimum absolute atomic E-state index is 0.00769. The van der Waals surface area contributed by atoms with Gasteiger partial charge in [-0.15, -0.1) is 0 Å². The third kappa shape index (κ3) is 7.36. The molecule has 2 N–H and O–H groups in total. The molecule has 2 aliphatic heterocycles. The number of nitrogens with zero attached hydrogens (tertiary/aromatic N) is 3. The SMILES string of the molecule is C=CC(F)(I)COc1ncc(CN2CC3C(=C=CN=C3C(=O)C(CC)CCNC(C)=O)N2)cc1Cl. The zero-order chi connectivity index (χ0) is 25.6. The number of hydrogen-bond donors (Lipinski definition) is 2. The number of aliphatic imine (C=N–C) groups is 1. The quantitative estimate of drug-likeness (QED) is 0.160. The Hall–Kier alpha value is -2.27. The van der Waals surface area contributed by atoms with Crippen LogP contribution in [-0.4, -0.2) is 50.8 Å². The van der Waals surface area contributed by atoms with Crippen molar-refractivity contribution in [2.45, 2.75) is 36.9 Å². The second-order valence-electron chi connectivity index (χ2n) is 8.37. The largest absolute Gasteiger partial charge is 0.472 e. The van der Waals surface area contributed by atoms with E-state index in [1.807, 2.05) is 11.9 Å². The summed E-state index contributed by atoms with van der Waals surface area (Å²) >= 11 is 7.89. The Kier molecular flexibility index (Phi) is 9.46. The lowest BCUT2D eigenvalue weighted by Gasteiger charge is -2.19. The number of carbonyl (C=O) groups excluding carboxylic acids is 2. The standard InChI is InChI=1S/C24H28ClFIN5O3/c1-4-17(6-8-28-15(3)33)22(34)21-18-13-32(31-20(18)7-9-29-21)12-16-10-19(25)23(30-11-16)35-14-24(26,27)5-2/h5,9-11,17-18,31H,2,4,6,8,12-14H2,1,3H3,(H,28,33). The van der Waals surface area contributed by atoms with Gasteiger partial charge in [0.1, 0.15) is 11.6 Å². The number of halogens is 3. The summed E-state index contributed by atoms with van der Waals surface area (Å²) in [6.07, 6.45) is 5.52. The Morgan fingerprint density at radius 3 is 3.00 bits per heavy atom. The van der Waals surface area contributed by atoms with Gasteiger partial charge in [0.25, 0.3) is 0 Å². The summed E-state index contributed by atoms with van der Waals surface area (Å²) < 4.78 is 17.7. The van der Waals surface area contributed by atoms with Gasteiger partial charge >= 0.3 is 0 Å². The van der Waals surface area contributed by atoms with Gasteiger partial charge in [-0.25, -0.2) is 19.4 Å². The lowest BCUT2D eigenvalue weighted by Crippen LogP contribution is -2.34. The second kappa shape index (κ2) is 12.1. The number of alkyl halides is 2. The van der Waals surface area contributed by atoms with E-state index < -0.39 is 3.68 Å². The third-order valence-corrected chi connectivity index (χ3v) is 6.73. The van der Waals surface area contributed by atoms with Gasteiger partial charge in [-0.3, -0.25) is 9.59 Å². The van der Waals surface area contributed by atoms with Gasteiger partial charge in [0, 0.05) is 38.7 Å². The first-order valence-corrected chi connectivity index (χ1v) is 12.7. The number of ketones is 1. The van der Waals surface area contributed by atoms with E-state index in [1.165, 1.54) is 13.1 Å². The van der Waals surface area contributed by atoms with Crippen LogP contribution in [0.3, 0.4) is 0 Å². The van der Waals surface area contributed by atoms with Crippen molar-refractivity contribution in [3.8, 4) is 5.88 Å². The Labute approximate surface area is 222 Å². The highest BCUT2D eigenvalue weighted by atomic mass is 127. The molecule has 2 aliphatic rings. The van der Waals surface area contributed by atoms with Gasteiger partial charge in [0.2, 0.25) is 15.5 Å². The molecule has 1 aromatic heterocycles. The highest BCUT2D eigenvalue weighted by Gasteiger charge is 2.37. The lowest BCUT2D eigenvalue weighted by atomic mass is 9.87. The van der Waals surface area contributed by atoms with Crippen molar-refractivity contribution >= 4 is 51.6 Å². The van der Waals surface area contributed by atoms with Crippen molar-refractivity contribution in [2.24, 2.45) is 16.8 Å². The molecule has 0 aromatic carbocycles. The van der Waals surface area contributed by atoms with E-state index in [2.05, 4.69) is 33.0 Å². The predicted molar refractivity (Wildman–Crippen MR) is 141 cm³/mol. The maximum Gasteiger partial charge on any atom is 0.232 e. The first kappa shape index (κ1) is 27.3. The first-order chi connectivity index (χ1) is 16.6. The Balaban J connectivity index is 1.62. The number of carbonyl (C=O) groups is 2. The lowest BCUT2D eigenvalue weighted by molar-refractivity contribution is -0.120. The molecule has 188 valence electrons. The summed E-state index contributed by atoms with van der Waals surface area (Å²) in [5, 5.41) is 4.97. The number of pyridine rings is 1. The highest BCUT2D eigenvalue weighted by molar-refractivity contribution is 14.1. The zero-order valence-corrected chi connectivity index (χ0v) is 22.5. The fraction of sp³-hybridized carbons (Fsp3) is 0.458. The highest BCUT2D eigenvalue weighted by Crippen LogP contribution is 2.29. The van der Waals surface area contributed by atoms with Crippen molar-refractivity contribution in [2.75, 3.05) is 19.7 Å². The van der Waals surface area contributed by atoms with Crippen LogP contribution < -0.4 is 15.5 Å². The number of ether oxygens (including phenoxy) is 1. The minimum atomic E-state index is -1.71. The summed E-state index contributed by atoms with van der Waals surface area (Å²) in [7, 11) is 0. The van der Waals surface area contributed by atoms with Crippen molar-refractivity contribution in [1.82, 2.24) is 20.7 Å². The van der Waals surface area contributed by atoms with Gasteiger partial charge in [-0.2, -0.15) is 0 Å². The Morgan fingerprint density at radius 2 is 2.34 bits per heavy atom. The number of aromatic nitrogens is 1. The molecule has 35 heavy (non-hydrogen) atoms. The van der Waals surface area contributed by atoms with E-state index in [4.69, 9.17) is 16.3 Å². The molecule has 3 heterocycles. The molecule has 1 aromatic rings. The summed E-state index contributed by atoms with van der Waals surface area (Å²) in [5.41, 5.74) is 8.47. The molecule has 3 rings (SSSR count). The summed E-state index contributed by atoms with van der Waals surface area (Å²) in [4.78, 5) is 33.0. The number of hydrogen-bond acceptors (Lipinski definition) is 7. The fourth-order valence-corrected chi connectivity index (χ4v) is 4.22. The van der Waals surface area contributed by atoms with E-state index in [0.717, 1.165) is 17.3 Å². The Morgan fingerprint density at radius 1 is 1.57 bits per heavy atom. The van der Waals surface area contributed by atoms with Gasteiger partial charge < -0.3 is 15.5 Å². The molecule has 0 spiro atoms. The molecular formula is C24H28ClFIN5O3. The van der Waals surface area contributed by atoms with Crippen molar-refractivity contribution < 1.29 is 18.7 Å². The normalized spacial score (nSPS) is 19.5. The second-order valence-corrected chi connectivity index (χ2v) is 10.6. The molecule has 1 saturated heterocycles. The molecular weight excluding hydrogens is 588 g/mol. The molecule has 0 aliphatic carbocycles. The minimum Gasteiger partial charge on any atom is -0.472 e. The van der Waals surface area contributed by atoms with Crippen LogP contribution in [0.15, 0.2) is 47.5 Å². The number of rotatable bonds is 12. The average Bonchev–Trinajstić information content (AvgIpc) is 3.23. The van der Waals surface area contributed by atoms with Crippen LogP contribution in [-0.2, 0) is 16.1 Å². The van der Waals surface area contributed by atoms with E-state index in [0.29, 0.717) is 38.2 Å².